The monoisotopic (exact) mass is 379 g/mol. The molecule has 1 aromatic heterocycles. The van der Waals surface area contributed by atoms with Crippen LogP contribution in [0.1, 0.15) is 19.3 Å². The Morgan fingerprint density at radius 1 is 1.29 bits per heavy atom. The lowest BCUT2D eigenvalue weighted by Gasteiger charge is -2.18. The number of nitro groups is 1. The second kappa shape index (κ2) is 7.91. The molecule has 0 N–H and O–H groups in total. The molecule has 0 unspecified atom stereocenters. The summed E-state index contributed by atoms with van der Waals surface area (Å²) in [4.78, 5) is 19.0. The summed E-state index contributed by atoms with van der Waals surface area (Å²) in [5, 5.41) is 11.2. The van der Waals surface area contributed by atoms with Gasteiger partial charge in [-0.15, -0.1) is 0 Å². The van der Waals surface area contributed by atoms with Crippen LogP contribution in [0.25, 0.3) is 11.3 Å². The second-order valence-corrected chi connectivity index (χ2v) is 6.25. The number of hydrogen-bond donors (Lipinski definition) is 0. The molecule has 2 aliphatic rings. The van der Waals surface area contributed by atoms with Crippen molar-refractivity contribution in [3.05, 3.63) is 76.4 Å². The van der Waals surface area contributed by atoms with Gasteiger partial charge in [-0.2, -0.15) is 9.98 Å². The molecule has 0 saturated heterocycles. The molecule has 2 heterocycles. The minimum atomic E-state index is -0.465. The zero-order valence-corrected chi connectivity index (χ0v) is 14.9. The Labute approximate surface area is 160 Å². The van der Waals surface area contributed by atoms with Crippen molar-refractivity contribution < 1.29 is 18.8 Å². The van der Waals surface area contributed by atoms with Crippen LogP contribution in [0, 0.1) is 10.1 Å². The Kier molecular flexibility index (Phi) is 5.01. The fourth-order valence-corrected chi connectivity index (χ4v) is 2.96. The molecule has 0 bridgehead atoms. The van der Waals surface area contributed by atoms with E-state index >= 15 is 0 Å². The Balaban J connectivity index is 1.50. The number of allylic oxidation sites excluding steroid dienone is 4. The molecule has 28 heavy (non-hydrogen) atoms. The third kappa shape index (κ3) is 4.01. The van der Waals surface area contributed by atoms with Crippen molar-refractivity contribution >= 4 is 17.6 Å². The standard InChI is InChI=1S/C20H17N3O5/c24-23(25)17-9-5-4-8-16(17)18-11-21-20(28-18)22-19-13-26-12-15(27-19)10-14-6-2-1-3-7-14/h1-2,4-6,8-9,11-12H,3,7,10,13H2. The zero-order valence-electron chi connectivity index (χ0n) is 14.9. The van der Waals surface area contributed by atoms with Crippen LogP contribution in [0.3, 0.4) is 0 Å². The van der Waals surface area contributed by atoms with E-state index in [1.54, 1.807) is 24.5 Å². The lowest BCUT2D eigenvalue weighted by atomic mass is 10.0. The van der Waals surface area contributed by atoms with Crippen LogP contribution in [0.4, 0.5) is 11.7 Å². The van der Waals surface area contributed by atoms with Crippen LogP contribution in [-0.4, -0.2) is 22.4 Å². The number of aromatic nitrogens is 1. The number of nitro benzene ring substituents is 1. The van der Waals surface area contributed by atoms with Crippen molar-refractivity contribution in [2.24, 2.45) is 4.99 Å². The maximum absolute atomic E-state index is 11.2. The van der Waals surface area contributed by atoms with Crippen LogP contribution < -0.4 is 0 Å². The minimum Gasteiger partial charge on any atom is -0.488 e. The van der Waals surface area contributed by atoms with Gasteiger partial charge in [0, 0.05) is 12.5 Å². The summed E-state index contributed by atoms with van der Waals surface area (Å²) in [5.41, 5.74) is 1.54. The molecule has 8 nitrogen and oxygen atoms in total. The second-order valence-electron chi connectivity index (χ2n) is 6.25. The van der Waals surface area contributed by atoms with E-state index < -0.39 is 4.92 Å². The molecule has 0 spiro atoms. The normalized spacial score (nSPS) is 17.5. The number of para-hydroxylation sites is 1. The van der Waals surface area contributed by atoms with Gasteiger partial charge in [-0.25, -0.2) is 0 Å². The summed E-state index contributed by atoms with van der Waals surface area (Å²) in [5.74, 6) is 1.25. The van der Waals surface area contributed by atoms with Crippen molar-refractivity contribution in [3.8, 4) is 11.3 Å². The topological polar surface area (TPSA) is 100.0 Å². The number of aliphatic imine (C=N–C) groups is 1. The van der Waals surface area contributed by atoms with E-state index in [1.165, 1.54) is 17.8 Å². The number of ether oxygens (including phenoxy) is 2. The maximum Gasteiger partial charge on any atom is 0.325 e. The average Bonchev–Trinajstić information content (AvgIpc) is 3.17. The van der Waals surface area contributed by atoms with Crippen LogP contribution in [0.2, 0.25) is 0 Å². The number of oxazole rings is 1. The molecule has 8 heteroatoms. The van der Waals surface area contributed by atoms with Crippen molar-refractivity contribution in [1.29, 1.82) is 0 Å². The zero-order chi connectivity index (χ0) is 19.3. The highest BCUT2D eigenvalue weighted by Crippen LogP contribution is 2.32. The highest BCUT2D eigenvalue weighted by Gasteiger charge is 2.19. The number of benzene rings is 1. The van der Waals surface area contributed by atoms with E-state index in [1.807, 2.05) is 6.08 Å². The SMILES string of the molecule is O=[N+]([O-])c1ccccc1-c1cnc(N=C2COC=C(CC3=CC=CCC3)O2)o1. The molecule has 0 radical (unpaired) electrons. The van der Waals surface area contributed by atoms with Gasteiger partial charge in [0.05, 0.1) is 16.7 Å². The molecule has 0 atom stereocenters. The van der Waals surface area contributed by atoms with Gasteiger partial charge in [0.15, 0.2) is 12.4 Å². The fourth-order valence-electron chi connectivity index (χ4n) is 2.96. The molecule has 2 aromatic rings. The molecule has 4 rings (SSSR count). The summed E-state index contributed by atoms with van der Waals surface area (Å²) >= 11 is 0. The van der Waals surface area contributed by atoms with E-state index in [9.17, 15) is 10.1 Å². The average molecular weight is 379 g/mol. The van der Waals surface area contributed by atoms with E-state index in [2.05, 4.69) is 22.1 Å². The van der Waals surface area contributed by atoms with Gasteiger partial charge < -0.3 is 13.9 Å². The van der Waals surface area contributed by atoms with Gasteiger partial charge in [-0.05, 0) is 18.9 Å². The van der Waals surface area contributed by atoms with Crippen molar-refractivity contribution in [2.75, 3.05) is 6.61 Å². The van der Waals surface area contributed by atoms with Gasteiger partial charge in [-0.3, -0.25) is 10.1 Å². The lowest BCUT2D eigenvalue weighted by molar-refractivity contribution is -0.384. The Hall–Kier alpha value is -3.68. The third-order valence-corrected chi connectivity index (χ3v) is 4.25. The van der Waals surface area contributed by atoms with E-state index in [4.69, 9.17) is 13.9 Å². The van der Waals surface area contributed by atoms with Gasteiger partial charge in [0.25, 0.3) is 5.69 Å². The summed E-state index contributed by atoms with van der Waals surface area (Å²) < 4.78 is 16.8. The number of rotatable bonds is 5. The summed E-state index contributed by atoms with van der Waals surface area (Å²) in [6.07, 6.45) is 11.9. The molecule has 1 aromatic carbocycles. The van der Waals surface area contributed by atoms with Gasteiger partial charge in [-0.1, -0.05) is 35.9 Å². The summed E-state index contributed by atoms with van der Waals surface area (Å²) in [7, 11) is 0. The highest BCUT2D eigenvalue weighted by atomic mass is 16.6. The molecule has 0 fully saturated rings. The Morgan fingerprint density at radius 2 is 2.18 bits per heavy atom. The van der Waals surface area contributed by atoms with Crippen molar-refractivity contribution in [1.82, 2.24) is 4.98 Å². The summed E-state index contributed by atoms with van der Waals surface area (Å²) in [6, 6.07) is 6.35. The van der Waals surface area contributed by atoms with Gasteiger partial charge in [0.2, 0.25) is 5.90 Å². The molecule has 0 saturated carbocycles. The molecular weight excluding hydrogens is 362 g/mol. The largest absolute Gasteiger partial charge is 0.488 e. The smallest absolute Gasteiger partial charge is 0.325 e. The number of hydrogen-bond acceptors (Lipinski definition) is 7. The Morgan fingerprint density at radius 3 is 3.00 bits per heavy atom. The molecule has 0 amide bonds. The molecule has 142 valence electrons. The van der Waals surface area contributed by atoms with Crippen molar-refractivity contribution in [3.63, 3.8) is 0 Å². The summed E-state index contributed by atoms with van der Waals surface area (Å²) in [6.45, 7) is 0.158. The minimum absolute atomic E-state index is 0.0489. The fraction of sp³-hybridized carbons (Fsp3) is 0.200. The first-order chi connectivity index (χ1) is 13.7. The predicted octanol–water partition coefficient (Wildman–Crippen LogP) is 4.83. The number of nitrogens with zero attached hydrogens (tertiary/aromatic N) is 3. The van der Waals surface area contributed by atoms with Crippen LogP contribution in [0.5, 0.6) is 0 Å². The van der Waals surface area contributed by atoms with Crippen LogP contribution >= 0.6 is 0 Å². The Bertz CT molecular complexity index is 1020. The first-order valence-electron chi connectivity index (χ1n) is 8.79. The van der Waals surface area contributed by atoms with Gasteiger partial charge >= 0.3 is 6.01 Å². The van der Waals surface area contributed by atoms with E-state index in [0.717, 1.165) is 12.8 Å². The van der Waals surface area contributed by atoms with E-state index in [0.29, 0.717) is 23.6 Å². The molecule has 1 aliphatic heterocycles. The molecular formula is C20H17N3O5. The third-order valence-electron chi connectivity index (χ3n) is 4.25. The quantitative estimate of drug-likeness (QED) is 0.545. The lowest BCUT2D eigenvalue weighted by Crippen LogP contribution is -2.16. The van der Waals surface area contributed by atoms with Gasteiger partial charge in [0.1, 0.15) is 12.0 Å². The highest BCUT2D eigenvalue weighted by molar-refractivity contribution is 5.81. The first-order valence-corrected chi connectivity index (χ1v) is 8.79. The van der Waals surface area contributed by atoms with Crippen molar-refractivity contribution in [2.45, 2.75) is 19.3 Å². The van der Waals surface area contributed by atoms with E-state index in [-0.39, 0.29) is 24.1 Å². The molecule has 1 aliphatic carbocycles. The van der Waals surface area contributed by atoms with Crippen LogP contribution in [-0.2, 0) is 9.47 Å². The maximum atomic E-state index is 11.2. The predicted molar refractivity (Wildman–Crippen MR) is 102 cm³/mol. The first kappa shape index (κ1) is 17.7. The van der Waals surface area contributed by atoms with Crippen LogP contribution in [0.15, 0.2) is 75.7 Å².